The minimum absolute atomic E-state index is 0.0528. The van der Waals surface area contributed by atoms with Crippen molar-refractivity contribution in [2.24, 2.45) is 10.9 Å². The summed E-state index contributed by atoms with van der Waals surface area (Å²) in [4.78, 5) is 11.5. The Morgan fingerprint density at radius 3 is 2.78 bits per heavy atom. The molecule has 0 aliphatic rings. The van der Waals surface area contributed by atoms with E-state index in [0.29, 0.717) is 0 Å². The maximum Gasteiger partial charge on any atom is 0.194 e. The van der Waals surface area contributed by atoms with Crippen LogP contribution in [0.3, 0.4) is 0 Å². The molecule has 1 heterocycles. The van der Waals surface area contributed by atoms with Crippen LogP contribution in [-0.2, 0) is 11.3 Å². The number of hydrogen-bond donors (Lipinski definition) is 1. The Morgan fingerprint density at radius 2 is 2.17 bits per heavy atom. The fourth-order valence-electron chi connectivity index (χ4n) is 2.15. The summed E-state index contributed by atoms with van der Waals surface area (Å²) in [5.74, 6) is 1.69. The monoisotopic (exact) mass is 340 g/mol. The van der Waals surface area contributed by atoms with Gasteiger partial charge >= 0.3 is 0 Å². The third-order valence-corrected chi connectivity index (χ3v) is 4.62. The molecule has 0 saturated carbocycles. The molecule has 0 amide bonds. The van der Waals surface area contributed by atoms with Crippen LogP contribution in [0, 0.1) is 5.92 Å². The lowest BCUT2D eigenvalue weighted by atomic mass is 10.1. The number of thiazole rings is 1. The number of guanidine groups is 1. The topological polar surface area (TPSA) is 49.8 Å². The molecule has 23 heavy (non-hydrogen) atoms. The largest absolute Gasteiger partial charge is 0.375 e. The molecule has 0 aromatic carbocycles. The lowest BCUT2D eigenvalue weighted by Gasteiger charge is -2.21. The summed E-state index contributed by atoms with van der Waals surface area (Å²) in [6, 6.07) is 0. The van der Waals surface area contributed by atoms with Crippen LogP contribution in [-0.4, -0.2) is 43.1 Å². The molecule has 1 rings (SSSR count). The van der Waals surface area contributed by atoms with Crippen LogP contribution >= 0.6 is 11.3 Å². The number of nitrogens with one attached hydrogen (secondary N) is 1. The molecule has 1 aromatic rings. The Kier molecular flexibility index (Phi) is 9.17. The molecule has 1 unspecified atom stereocenters. The van der Waals surface area contributed by atoms with Gasteiger partial charge in [-0.25, -0.2) is 4.98 Å². The molecular weight excluding hydrogens is 308 g/mol. The first-order valence-corrected chi connectivity index (χ1v) is 9.32. The van der Waals surface area contributed by atoms with Crippen LogP contribution in [0.15, 0.2) is 10.4 Å². The molecule has 0 aliphatic heterocycles. The maximum absolute atomic E-state index is 5.32. The smallest absolute Gasteiger partial charge is 0.194 e. The van der Waals surface area contributed by atoms with Gasteiger partial charge in [-0.15, -0.1) is 11.3 Å². The molecule has 0 bridgehead atoms. The molecule has 0 radical (unpaired) electrons. The van der Waals surface area contributed by atoms with Gasteiger partial charge in [0.05, 0.1) is 12.2 Å². The zero-order valence-electron chi connectivity index (χ0n) is 15.4. The highest BCUT2D eigenvalue weighted by atomic mass is 32.1. The van der Waals surface area contributed by atoms with Gasteiger partial charge in [0.15, 0.2) is 5.96 Å². The lowest BCUT2D eigenvalue weighted by molar-refractivity contribution is 0.119. The van der Waals surface area contributed by atoms with Crippen LogP contribution in [0.5, 0.6) is 0 Å². The van der Waals surface area contributed by atoms with Gasteiger partial charge in [-0.2, -0.15) is 0 Å². The number of methoxy groups -OCH3 is 1. The predicted octanol–water partition coefficient (Wildman–Crippen LogP) is 3.68. The van der Waals surface area contributed by atoms with E-state index in [1.165, 1.54) is 6.42 Å². The third kappa shape index (κ3) is 7.31. The van der Waals surface area contributed by atoms with Gasteiger partial charge in [-0.05, 0) is 32.6 Å². The maximum atomic E-state index is 5.32. The molecule has 1 N–H and O–H groups in total. The minimum Gasteiger partial charge on any atom is -0.375 e. The number of aliphatic imine (C=N–C) groups is 1. The average molecular weight is 341 g/mol. The van der Waals surface area contributed by atoms with E-state index in [-0.39, 0.29) is 6.10 Å². The summed E-state index contributed by atoms with van der Waals surface area (Å²) in [7, 11) is 3.77. The highest BCUT2D eigenvalue weighted by molar-refractivity contribution is 7.09. The number of aromatic nitrogens is 1. The van der Waals surface area contributed by atoms with Crippen molar-refractivity contribution in [1.29, 1.82) is 0 Å². The first-order valence-electron chi connectivity index (χ1n) is 8.44. The van der Waals surface area contributed by atoms with Gasteiger partial charge < -0.3 is 15.0 Å². The molecule has 132 valence electrons. The number of ether oxygens (including phenoxy) is 1. The van der Waals surface area contributed by atoms with Crippen molar-refractivity contribution in [1.82, 2.24) is 15.2 Å². The molecular formula is C17H32N4OS. The molecule has 6 heteroatoms. The predicted molar refractivity (Wildman–Crippen MR) is 99.1 cm³/mol. The fourth-order valence-corrected chi connectivity index (χ4v) is 3.00. The molecule has 1 atom stereocenters. The van der Waals surface area contributed by atoms with Gasteiger partial charge in [-0.1, -0.05) is 13.8 Å². The molecule has 0 saturated heterocycles. The van der Waals surface area contributed by atoms with Gasteiger partial charge in [0.1, 0.15) is 11.1 Å². The van der Waals surface area contributed by atoms with Crippen LogP contribution < -0.4 is 5.32 Å². The van der Waals surface area contributed by atoms with Crippen molar-refractivity contribution in [2.75, 3.05) is 27.2 Å². The quantitative estimate of drug-likeness (QED) is 0.423. The normalized spacial score (nSPS) is 13.4. The second kappa shape index (κ2) is 10.6. The lowest BCUT2D eigenvalue weighted by Crippen LogP contribution is -2.38. The van der Waals surface area contributed by atoms with Crippen molar-refractivity contribution in [3.8, 4) is 0 Å². The van der Waals surface area contributed by atoms with E-state index in [4.69, 9.17) is 9.73 Å². The number of hydrogen-bond acceptors (Lipinski definition) is 4. The van der Waals surface area contributed by atoms with Gasteiger partial charge in [0.2, 0.25) is 0 Å². The SMILES string of the molecule is CCNC(=NCCCC(C)C)N(C)Cc1csc(C(C)OC)n1. The first-order chi connectivity index (χ1) is 11.0. The third-order valence-electron chi connectivity index (χ3n) is 3.57. The molecule has 0 aliphatic carbocycles. The second-order valence-electron chi connectivity index (χ2n) is 6.18. The van der Waals surface area contributed by atoms with Crippen molar-refractivity contribution >= 4 is 17.3 Å². The second-order valence-corrected chi connectivity index (χ2v) is 7.07. The van der Waals surface area contributed by atoms with E-state index in [1.54, 1.807) is 18.4 Å². The van der Waals surface area contributed by atoms with Crippen molar-refractivity contribution in [3.05, 3.63) is 16.1 Å². The average Bonchev–Trinajstić information content (AvgIpc) is 2.97. The summed E-state index contributed by atoms with van der Waals surface area (Å²) < 4.78 is 5.32. The van der Waals surface area contributed by atoms with Crippen molar-refractivity contribution in [2.45, 2.75) is 53.2 Å². The Morgan fingerprint density at radius 1 is 1.43 bits per heavy atom. The standard InChI is InChI=1S/C17H32N4OS/c1-7-18-17(19-10-8-9-13(2)3)21(5)11-15-12-23-16(20-15)14(4)22-6/h12-14H,7-11H2,1-6H3,(H,18,19). The first kappa shape index (κ1) is 19.9. The Bertz CT molecular complexity index is 473. The van der Waals surface area contributed by atoms with Gasteiger partial charge in [0, 0.05) is 32.6 Å². The highest BCUT2D eigenvalue weighted by Gasteiger charge is 2.12. The van der Waals surface area contributed by atoms with Crippen LogP contribution in [0.25, 0.3) is 0 Å². The number of rotatable bonds is 9. The molecule has 1 aromatic heterocycles. The van der Waals surface area contributed by atoms with E-state index in [0.717, 1.165) is 48.6 Å². The van der Waals surface area contributed by atoms with E-state index in [2.05, 4.69) is 48.4 Å². The van der Waals surface area contributed by atoms with Crippen molar-refractivity contribution in [3.63, 3.8) is 0 Å². The number of nitrogens with zero attached hydrogens (tertiary/aromatic N) is 3. The summed E-state index contributed by atoms with van der Waals surface area (Å²) in [5, 5.41) is 6.48. The van der Waals surface area contributed by atoms with Crippen molar-refractivity contribution < 1.29 is 4.74 Å². The Hall–Kier alpha value is -1.14. The summed E-state index contributed by atoms with van der Waals surface area (Å²) in [5.41, 5.74) is 1.06. The fraction of sp³-hybridized carbons (Fsp3) is 0.765. The van der Waals surface area contributed by atoms with Gasteiger partial charge in [0.25, 0.3) is 0 Å². The molecule has 5 nitrogen and oxygen atoms in total. The van der Waals surface area contributed by atoms with E-state index >= 15 is 0 Å². The van der Waals surface area contributed by atoms with Crippen LogP contribution in [0.2, 0.25) is 0 Å². The summed E-state index contributed by atoms with van der Waals surface area (Å²) in [6.07, 6.45) is 2.40. The Balaban J connectivity index is 2.61. The van der Waals surface area contributed by atoms with E-state index < -0.39 is 0 Å². The van der Waals surface area contributed by atoms with E-state index in [9.17, 15) is 0 Å². The van der Waals surface area contributed by atoms with Crippen LogP contribution in [0.4, 0.5) is 0 Å². The zero-order chi connectivity index (χ0) is 17.2. The van der Waals surface area contributed by atoms with E-state index in [1.807, 2.05) is 6.92 Å². The van der Waals surface area contributed by atoms with Crippen LogP contribution in [0.1, 0.15) is 57.3 Å². The molecule has 0 spiro atoms. The minimum atomic E-state index is 0.0528. The zero-order valence-corrected chi connectivity index (χ0v) is 16.2. The van der Waals surface area contributed by atoms with Gasteiger partial charge in [-0.3, -0.25) is 4.99 Å². The summed E-state index contributed by atoms with van der Waals surface area (Å²) in [6.45, 7) is 11.1. The molecule has 0 fully saturated rings. The summed E-state index contributed by atoms with van der Waals surface area (Å²) >= 11 is 1.65. The Labute approximate surface area is 145 Å². The highest BCUT2D eigenvalue weighted by Crippen LogP contribution is 2.20.